The molecular weight excluding hydrogens is 396 g/mol. The summed E-state index contributed by atoms with van der Waals surface area (Å²) in [5, 5.41) is 18.8. The number of rotatable bonds is 7. The smallest absolute Gasteiger partial charge is 0.236 e. The maximum atomic E-state index is 12.7. The molecule has 0 radical (unpaired) electrons. The fourth-order valence-corrected chi connectivity index (χ4v) is 4.78. The molecule has 3 aromatic rings. The number of aromatic nitrogens is 3. The highest BCUT2D eigenvalue weighted by molar-refractivity contribution is 7.99. The SMILES string of the molecule is C/C=C\C(=C/C)CS(=O)(=O)Nc1cc(Sc2ncn[nH]2)c(O)c2ccccc12. The molecule has 146 valence electrons. The van der Waals surface area contributed by atoms with Crippen molar-refractivity contribution in [3.8, 4) is 5.75 Å². The highest BCUT2D eigenvalue weighted by atomic mass is 32.2. The van der Waals surface area contributed by atoms with Gasteiger partial charge < -0.3 is 5.11 Å². The van der Waals surface area contributed by atoms with Crippen LogP contribution in [0.4, 0.5) is 5.69 Å². The van der Waals surface area contributed by atoms with Crippen molar-refractivity contribution < 1.29 is 13.5 Å². The summed E-state index contributed by atoms with van der Waals surface area (Å²) in [6, 6.07) is 8.68. The van der Waals surface area contributed by atoms with E-state index in [1.54, 1.807) is 55.5 Å². The molecule has 0 aliphatic rings. The number of nitrogens with zero attached hydrogens (tertiary/aromatic N) is 2. The number of anilines is 1. The van der Waals surface area contributed by atoms with E-state index >= 15 is 0 Å². The highest BCUT2D eigenvalue weighted by Gasteiger charge is 2.18. The second kappa shape index (κ2) is 8.49. The number of phenols is 1. The van der Waals surface area contributed by atoms with Crippen LogP contribution in [0.5, 0.6) is 5.75 Å². The molecule has 0 aliphatic heterocycles. The number of hydrogen-bond donors (Lipinski definition) is 3. The number of nitrogens with one attached hydrogen (secondary N) is 2. The lowest BCUT2D eigenvalue weighted by molar-refractivity contribution is 0.469. The molecular formula is C19H20N4O3S2. The second-order valence-electron chi connectivity index (χ2n) is 5.93. The summed E-state index contributed by atoms with van der Waals surface area (Å²) >= 11 is 1.17. The van der Waals surface area contributed by atoms with Crippen LogP contribution >= 0.6 is 11.8 Å². The van der Waals surface area contributed by atoms with Crippen LogP contribution in [0.2, 0.25) is 0 Å². The van der Waals surface area contributed by atoms with Gasteiger partial charge in [0.1, 0.15) is 12.1 Å². The number of aromatic amines is 1. The van der Waals surface area contributed by atoms with Crippen molar-refractivity contribution in [1.29, 1.82) is 0 Å². The number of phenolic OH excluding ortho intramolecular Hbond substituents is 1. The number of sulfonamides is 1. The predicted molar refractivity (Wildman–Crippen MR) is 112 cm³/mol. The molecule has 28 heavy (non-hydrogen) atoms. The average Bonchev–Trinajstić information content (AvgIpc) is 3.18. The van der Waals surface area contributed by atoms with E-state index < -0.39 is 10.0 Å². The van der Waals surface area contributed by atoms with Crippen LogP contribution in [0.3, 0.4) is 0 Å². The van der Waals surface area contributed by atoms with E-state index in [4.69, 9.17) is 0 Å². The number of benzene rings is 2. The Hall–Kier alpha value is -2.78. The van der Waals surface area contributed by atoms with E-state index in [9.17, 15) is 13.5 Å². The molecule has 9 heteroatoms. The van der Waals surface area contributed by atoms with Crippen LogP contribution in [0, 0.1) is 0 Å². The summed E-state index contributed by atoms with van der Waals surface area (Å²) in [4.78, 5) is 4.50. The Morgan fingerprint density at radius 3 is 2.68 bits per heavy atom. The van der Waals surface area contributed by atoms with Crippen molar-refractivity contribution in [2.24, 2.45) is 0 Å². The molecule has 0 saturated carbocycles. The maximum absolute atomic E-state index is 12.7. The lowest BCUT2D eigenvalue weighted by Gasteiger charge is -2.14. The number of fused-ring (bicyclic) bond motifs is 1. The molecule has 3 rings (SSSR count). The van der Waals surface area contributed by atoms with Gasteiger partial charge in [-0.05, 0) is 37.2 Å². The molecule has 0 unspecified atom stereocenters. The summed E-state index contributed by atoms with van der Waals surface area (Å²) in [7, 11) is -3.65. The first-order valence-corrected chi connectivity index (χ1v) is 11.0. The van der Waals surface area contributed by atoms with Crippen LogP contribution in [-0.4, -0.2) is 34.5 Å². The van der Waals surface area contributed by atoms with E-state index in [-0.39, 0.29) is 11.5 Å². The Labute approximate surface area is 167 Å². The number of aromatic hydroxyl groups is 1. The number of H-pyrrole nitrogens is 1. The van der Waals surface area contributed by atoms with E-state index in [2.05, 4.69) is 19.9 Å². The summed E-state index contributed by atoms with van der Waals surface area (Å²) in [5.74, 6) is -0.0869. The van der Waals surface area contributed by atoms with Crippen LogP contribution in [0.25, 0.3) is 10.8 Å². The monoisotopic (exact) mass is 416 g/mol. The van der Waals surface area contributed by atoms with Crippen LogP contribution in [0.1, 0.15) is 13.8 Å². The van der Waals surface area contributed by atoms with Gasteiger partial charge in [-0.2, -0.15) is 5.10 Å². The van der Waals surface area contributed by atoms with Gasteiger partial charge in [0.05, 0.1) is 16.3 Å². The van der Waals surface area contributed by atoms with E-state index in [0.717, 1.165) is 0 Å². The molecule has 0 saturated heterocycles. The molecule has 0 fully saturated rings. The van der Waals surface area contributed by atoms with E-state index in [0.29, 0.717) is 32.1 Å². The van der Waals surface area contributed by atoms with Gasteiger partial charge in [0.2, 0.25) is 10.0 Å². The van der Waals surface area contributed by atoms with Gasteiger partial charge in [0, 0.05) is 10.8 Å². The summed E-state index contributed by atoms with van der Waals surface area (Å²) in [6.45, 7) is 3.64. The molecule has 0 aliphatic carbocycles. The average molecular weight is 417 g/mol. The summed E-state index contributed by atoms with van der Waals surface area (Å²) in [6.07, 6.45) is 6.69. The largest absolute Gasteiger partial charge is 0.506 e. The molecule has 3 N–H and O–H groups in total. The van der Waals surface area contributed by atoms with Gasteiger partial charge in [0.15, 0.2) is 5.16 Å². The van der Waals surface area contributed by atoms with E-state index in [1.165, 1.54) is 18.1 Å². The zero-order chi connectivity index (χ0) is 20.1. The third-order valence-electron chi connectivity index (χ3n) is 3.95. The van der Waals surface area contributed by atoms with Gasteiger partial charge >= 0.3 is 0 Å². The summed E-state index contributed by atoms with van der Waals surface area (Å²) < 4.78 is 28.1. The maximum Gasteiger partial charge on any atom is 0.236 e. The molecule has 1 heterocycles. The fraction of sp³-hybridized carbons (Fsp3) is 0.158. The second-order valence-corrected chi connectivity index (χ2v) is 8.69. The van der Waals surface area contributed by atoms with Crippen molar-refractivity contribution >= 4 is 38.2 Å². The molecule has 2 aromatic carbocycles. The highest BCUT2D eigenvalue weighted by Crippen LogP contribution is 2.41. The third kappa shape index (κ3) is 4.55. The summed E-state index contributed by atoms with van der Waals surface area (Å²) in [5.41, 5.74) is 1.08. The van der Waals surface area contributed by atoms with Gasteiger partial charge in [-0.3, -0.25) is 9.82 Å². The van der Waals surface area contributed by atoms with Crippen molar-refractivity contribution in [2.45, 2.75) is 23.9 Å². The Morgan fingerprint density at radius 2 is 2.04 bits per heavy atom. The minimum Gasteiger partial charge on any atom is -0.506 e. The van der Waals surface area contributed by atoms with Crippen LogP contribution < -0.4 is 4.72 Å². The first kappa shape index (κ1) is 20.0. The Bertz CT molecular complexity index is 1140. The molecule has 1 aromatic heterocycles. The van der Waals surface area contributed by atoms with E-state index in [1.807, 2.05) is 6.92 Å². The molecule has 0 amide bonds. The van der Waals surface area contributed by atoms with Crippen molar-refractivity contribution in [3.05, 3.63) is 60.5 Å². The lowest BCUT2D eigenvalue weighted by atomic mass is 10.1. The van der Waals surface area contributed by atoms with Crippen molar-refractivity contribution in [1.82, 2.24) is 15.2 Å². The standard InChI is InChI=1S/C19H20N4O3S2/c1-3-7-13(4-2)11-28(25,26)23-16-10-17(27-19-20-12-21-22-19)18(24)15-9-6-5-8-14(15)16/h3-10,12,23-24H,11H2,1-2H3,(H,20,21,22)/b7-3-,13-4+. The van der Waals surface area contributed by atoms with Crippen molar-refractivity contribution in [2.75, 3.05) is 10.5 Å². The normalized spacial score (nSPS) is 12.7. The van der Waals surface area contributed by atoms with Crippen molar-refractivity contribution in [3.63, 3.8) is 0 Å². The third-order valence-corrected chi connectivity index (χ3v) is 6.12. The first-order chi connectivity index (χ1) is 13.4. The minimum absolute atomic E-state index is 0.0583. The molecule has 0 bridgehead atoms. The Kier molecular flexibility index (Phi) is 6.05. The Balaban J connectivity index is 2.03. The minimum atomic E-state index is -3.65. The zero-order valence-corrected chi connectivity index (χ0v) is 17.0. The Morgan fingerprint density at radius 1 is 1.29 bits per heavy atom. The topological polar surface area (TPSA) is 108 Å². The van der Waals surface area contributed by atoms with Gasteiger partial charge in [0.25, 0.3) is 0 Å². The first-order valence-electron chi connectivity index (χ1n) is 8.50. The number of hydrogen-bond acceptors (Lipinski definition) is 6. The molecule has 7 nitrogen and oxygen atoms in total. The lowest BCUT2D eigenvalue weighted by Crippen LogP contribution is -2.18. The van der Waals surface area contributed by atoms with Crippen LogP contribution in [0.15, 0.2) is 70.5 Å². The molecule has 0 spiro atoms. The molecule has 0 atom stereocenters. The van der Waals surface area contributed by atoms with Gasteiger partial charge in [-0.1, -0.05) is 42.5 Å². The predicted octanol–water partition coefficient (Wildman–Crippen LogP) is 4.08. The number of allylic oxidation sites excluding steroid dienone is 3. The zero-order valence-electron chi connectivity index (χ0n) is 15.4. The fourth-order valence-electron chi connectivity index (χ4n) is 2.71. The quantitative estimate of drug-likeness (QED) is 0.396. The van der Waals surface area contributed by atoms with Gasteiger partial charge in [-0.15, -0.1) is 0 Å². The van der Waals surface area contributed by atoms with Gasteiger partial charge in [-0.25, -0.2) is 13.4 Å². The van der Waals surface area contributed by atoms with Crippen LogP contribution in [-0.2, 0) is 10.0 Å².